The van der Waals surface area contributed by atoms with E-state index in [-0.39, 0.29) is 27.5 Å². The summed E-state index contributed by atoms with van der Waals surface area (Å²) in [7, 11) is 0. The number of benzene rings is 2. The Morgan fingerprint density at radius 2 is 1.76 bits per heavy atom. The van der Waals surface area contributed by atoms with Crippen molar-refractivity contribution in [1.29, 1.82) is 0 Å². The van der Waals surface area contributed by atoms with Crippen LogP contribution in [0.15, 0.2) is 73.2 Å². The van der Waals surface area contributed by atoms with Crippen LogP contribution in [-0.2, 0) is 4.74 Å². The predicted molar refractivity (Wildman–Crippen MR) is 129 cm³/mol. The zero-order chi connectivity index (χ0) is 22.5. The van der Waals surface area contributed by atoms with Crippen molar-refractivity contribution in [2.24, 2.45) is 0 Å². The van der Waals surface area contributed by atoms with Gasteiger partial charge in [0.15, 0.2) is 0 Å². The number of anilines is 2. The van der Waals surface area contributed by atoms with Gasteiger partial charge in [-0.05, 0) is 0 Å². The Hall–Kier alpha value is -3.48. The number of rotatable bonds is 6. The Bertz CT molecular complexity index is 1210. The van der Waals surface area contributed by atoms with Gasteiger partial charge in [0.1, 0.15) is 0 Å². The van der Waals surface area contributed by atoms with Crippen molar-refractivity contribution < 1.29 is 9.53 Å². The molecule has 0 bridgehead atoms. The number of ether oxygens (including phenoxy) is 1. The number of aromatic amines is 1. The van der Waals surface area contributed by atoms with E-state index in [0.717, 1.165) is 42.2 Å². The summed E-state index contributed by atoms with van der Waals surface area (Å²) in [5.74, 6) is 0.00149. The van der Waals surface area contributed by atoms with Gasteiger partial charge in [0, 0.05) is 0 Å². The maximum atomic E-state index is 12.1. The zero-order valence-corrected chi connectivity index (χ0v) is 19.7. The molecule has 4 aromatic rings. The van der Waals surface area contributed by atoms with E-state index in [2.05, 4.69) is 49.4 Å². The molecular formula is C24H22AsN6O2. The molecule has 33 heavy (non-hydrogen) atoms. The fraction of sp³-hybridized carbons (Fsp3) is 0.167. The minimum atomic E-state index is -0.315. The molecule has 1 aliphatic rings. The Morgan fingerprint density at radius 3 is 2.48 bits per heavy atom. The third-order valence-electron chi connectivity index (χ3n) is 5.25. The first kappa shape index (κ1) is 21.4. The summed E-state index contributed by atoms with van der Waals surface area (Å²) in [5.41, 5.74) is 3.76. The number of nitrogens with zero attached hydrogens (tertiary/aromatic N) is 4. The fourth-order valence-electron chi connectivity index (χ4n) is 3.54. The van der Waals surface area contributed by atoms with Crippen LogP contribution in [0.25, 0.3) is 11.3 Å². The van der Waals surface area contributed by atoms with E-state index in [9.17, 15) is 4.79 Å². The van der Waals surface area contributed by atoms with Gasteiger partial charge < -0.3 is 0 Å². The average molecular weight is 501 g/mol. The van der Waals surface area contributed by atoms with Crippen molar-refractivity contribution in [3.05, 3.63) is 79.0 Å². The van der Waals surface area contributed by atoms with Gasteiger partial charge in [-0.2, -0.15) is 0 Å². The number of carbonyl (C=O) groups excluding carboxylic acids is 1. The topological polar surface area (TPSA) is 96.0 Å². The van der Waals surface area contributed by atoms with E-state index in [1.807, 2.05) is 36.5 Å². The summed E-state index contributed by atoms with van der Waals surface area (Å²) in [6.45, 7) is 3.43. The van der Waals surface area contributed by atoms with Crippen molar-refractivity contribution in [2.45, 2.75) is 0 Å². The molecule has 1 saturated heterocycles. The number of aromatic nitrogens is 4. The molecule has 1 amide bonds. The second-order valence-corrected chi connectivity index (χ2v) is 9.83. The summed E-state index contributed by atoms with van der Waals surface area (Å²) in [4.78, 5) is 30.5. The molecule has 0 spiro atoms. The molecule has 1 radical (unpaired) electrons. The molecular weight excluding hydrogens is 479 g/mol. The number of H-pyrrole nitrogens is 1. The summed E-state index contributed by atoms with van der Waals surface area (Å²) < 4.78 is 7.55. The van der Waals surface area contributed by atoms with Crippen LogP contribution in [0, 0.1) is 0 Å². The van der Waals surface area contributed by atoms with Crippen molar-refractivity contribution in [3.63, 3.8) is 0 Å². The molecule has 9 heteroatoms. The number of hydrogen-bond acceptors (Lipinski definition) is 6. The van der Waals surface area contributed by atoms with Crippen molar-refractivity contribution in [3.8, 4) is 11.3 Å². The van der Waals surface area contributed by atoms with Crippen molar-refractivity contribution in [2.75, 3.05) is 36.5 Å². The van der Waals surface area contributed by atoms with Gasteiger partial charge in [-0.15, -0.1) is 0 Å². The number of morpholine rings is 1. The van der Waals surface area contributed by atoms with E-state index in [1.54, 1.807) is 12.4 Å². The number of imidazole rings is 1. The second kappa shape index (κ2) is 9.98. The van der Waals surface area contributed by atoms with Crippen LogP contribution in [0.3, 0.4) is 0 Å². The van der Waals surface area contributed by atoms with Crippen molar-refractivity contribution >= 4 is 42.0 Å². The van der Waals surface area contributed by atoms with Crippen LogP contribution in [0.2, 0.25) is 0 Å². The molecule has 8 nitrogen and oxygen atoms in total. The van der Waals surface area contributed by atoms with E-state index in [1.165, 1.54) is 10.0 Å². The molecule has 1 aliphatic heterocycles. The second-order valence-electron chi connectivity index (χ2n) is 7.44. The summed E-state index contributed by atoms with van der Waals surface area (Å²) >= 11 is -0.315. The Balaban J connectivity index is 1.24. The monoisotopic (exact) mass is 501 g/mol. The van der Waals surface area contributed by atoms with Crippen LogP contribution >= 0.6 is 0 Å². The standard InChI is InChI=1S/C24H22AsN6O2/c32-23(22-26-11-12-27-22)29-19-5-1-17(2-6-19)21-9-10-28-24(30-21)25-18-3-7-20(8-4-18)31-13-15-33-16-14-31/h1-12H,13-16H2,(H,26,27)(H,29,32). The van der Waals surface area contributed by atoms with Crippen LogP contribution in [0.4, 0.5) is 11.4 Å². The average Bonchev–Trinajstić information content (AvgIpc) is 3.41. The number of carbonyl (C=O) groups is 1. The van der Waals surface area contributed by atoms with Gasteiger partial charge in [-0.25, -0.2) is 0 Å². The molecule has 1 fully saturated rings. The molecule has 0 saturated carbocycles. The Labute approximate surface area is 198 Å². The van der Waals surface area contributed by atoms with Gasteiger partial charge in [0.2, 0.25) is 0 Å². The zero-order valence-electron chi connectivity index (χ0n) is 17.8. The van der Waals surface area contributed by atoms with Crippen LogP contribution in [-0.4, -0.2) is 67.9 Å². The normalized spacial score (nSPS) is 14.0. The number of hydrogen-bond donors (Lipinski definition) is 2. The molecule has 0 aliphatic carbocycles. The molecule has 5 rings (SSSR count). The molecule has 2 N–H and O–H groups in total. The summed E-state index contributed by atoms with van der Waals surface area (Å²) in [6, 6.07) is 18.2. The third kappa shape index (κ3) is 5.30. The van der Waals surface area contributed by atoms with Crippen LogP contribution < -0.4 is 19.2 Å². The number of nitrogens with one attached hydrogen (secondary N) is 2. The first-order valence-electron chi connectivity index (χ1n) is 10.6. The quantitative estimate of drug-likeness (QED) is 0.390. The Morgan fingerprint density at radius 1 is 0.970 bits per heavy atom. The Kier molecular flexibility index (Phi) is 6.46. The van der Waals surface area contributed by atoms with E-state index < -0.39 is 0 Å². The van der Waals surface area contributed by atoms with Gasteiger partial charge in [-0.1, -0.05) is 0 Å². The van der Waals surface area contributed by atoms with Crippen molar-refractivity contribution in [1.82, 2.24) is 19.9 Å². The first-order valence-corrected chi connectivity index (χ1v) is 12.5. The van der Waals surface area contributed by atoms with E-state index >= 15 is 0 Å². The third-order valence-corrected chi connectivity index (χ3v) is 7.29. The molecule has 0 atom stereocenters. The summed E-state index contributed by atoms with van der Waals surface area (Å²) in [5, 5.41) is 2.82. The van der Waals surface area contributed by atoms with Gasteiger partial charge in [0.05, 0.1) is 0 Å². The number of amides is 1. The minimum absolute atomic E-state index is 0.277. The summed E-state index contributed by atoms with van der Waals surface area (Å²) in [6.07, 6.45) is 4.97. The predicted octanol–water partition coefficient (Wildman–Crippen LogP) is 1.61. The molecule has 3 heterocycles. The van der Waals surface area contributed by atoms with Crippen LogP contribution in [0.1, 0.15) is 10.6 Å². The van der Waals surface area contributed by atoms with Gasteiger partial charge in [-0.3, -0.25) is 0 Å². The molecule has 0 unspecified atom stereocenters. The molecule has 2 aromatic heterocycles. The van der Waals surface area contributed by atoms with Gasteiger partial charge in [0.25, 0.3) is 0 Å². The first-order chi connectivity index (χ1) is 16.2. The van der Waals surface area contributed by atoms with E-state index in [4.69, 9.17) is 9.72 Å². The van der Waals surface area contributed by atoms with E-state index in [0.29, 0.717) is 5.69 Å². The maximum absolute atomic E-state index is 12.1. The molecule has 2 aromatic carbocycles. The van der Waals surface area contributed by atoms with Gasteiger partial charge >= 0.3 is 198 Å². The SMILES string of the molecule is O=C(Nc1ccc(-c2ccnc([As]c3ccc(N4CCOCC4)cc3)n2)cc1)c1ncc[nH]1. The fourth-order valence-corrected chi connectivity index (χ4v) is 5.24. The molecule has 165 valence electrons. The van der Waals surface area contributed by atoms with Crippen LogP contribution in [0.5, 0.6) is 0 Å².